The number of aryl methyl sites for hydroxylation is 1. The van der Waals surface area contributed by atoms with E-state index in [2.05, 4.69) is 78.2 Å². The van der Waals surface area contributed by atoms with Gasteiger partial charge in [0.15, 0.2) is 12.4 Å². The number of aromatic nitrogens is 1. The summed E-state index contributed by atoms with van der Waals surface area (Å²) in [6.07, 6.45) is 9.57. The van der Waals surface area contributed by atoms with Crippen molar-refractivity contribution < 1.29 is 14.5 Å². The normalized spacial score (nSPS) is 10.3. The van der Waals surface area contributed by atoms with Gasteiger partial charge < -0.3 is 20.1 Å². The number of hydrogen-bond acceptors (Lipinski definition) is 4. The van der Waals surface area contributed by atoms with E-state index < -0.39 is 5.97 Å². The predicted octanol–water partition coefficient (Wildman–Crippen LogP) is 1.48. The monoisotopic (exact) mass is 355 g/mol. The van der Waals surface area contributed by atoms with Gasteiger partial charge in [0.1, 0.15) is 7.05 Å². The number of rotatable bonds is 7. The first-order chi connectivity index (χ1) is 12.4. The summed E-state index contributed by atoms with van der Waals surface area (Å²) in [4.78, 5) is 11.2. The number of benzene rings is 1. The van der Waals surface area contributed by atoms with Crippen molar-refractivity contribution in [2.75, 3.05) is 32.1 Å². The molecule has 0 atom stereocenters. The quantitative estimate of drug-likeness (QED) is 0.604. The summed E-state index contributed by atoms with van der Waals surface area (Å²) >= 11 is 0. The van der Waals surface area contributed by atoms with Gasteiger partial charge in [0.25, 0.3) is 0 Å². The third kappa shape index (κ3) is 8.99. The van der Waals surface area contributed by atoms with Crippen LogP contribution in [0.1, 0.15) is 24.5 Å². The van der Waals surface area contributed by atoms with Crippen LogP contribution in [0.15, 0.2) is 48.8 Å². The molecule has 5 heteroatoms. The first-order valence-corrected chi connectivity index (χ1v) is 8.69. The average Bonchev–Trinajstić information content (AvgIpc) is 2.61. The van der Waals surface area contributed by atoms with Crippen molar-refractivity contribution in [3.63, 3.8) is 0 Å². The Morgan fingerprint density at radius 1 is 1.12 bits per heavy atom. The summed E-state index contributed by atoms with van der Waals surface area (Å²) in [5, 5.41) is 12.1. The van der Waals surface area contributed by atoms with E-state index in [1.54, 1.807) is 0 Å². The van der Waals surface area contributed by atoms with Crippen LogP contribution in [0.25, 0.3) is 12.2 Å². The Kier molecular flexibility index (Phi) is 9.72. The summed E-state index contributed by atoms with van der Waals surface area (Å²) < 4.78 is 2.04. The molecule has 0 aliphatic carbocycles. The maximum absolute atomic E-state index is 8.89. The maximum atomic E-state index is 8.89. The van der Waals surface area contributed by atoms with Crippen molar-refractivity contribution in [3.8, 4) is 0 Å². The fourth-order valence-electron chi connectivity index (χ4n) is 2.28. The molecule has 0 bridgehead atoms. The molecule has 1 aromatic carbocycles. The second-order valence-electron chi connectivity index (χ2n) is 6.09. The van der Waals surface area contributed by atoms with Crippen LogP contribution in [0.2, 0.25) is 0 Å². The van der Waals surface area contributed by atoms with Crippen LogP contribution in [0.4, 0.5) is 5.69 Å². The highest BCUT2D eigenvalue weighted by molar-refractivity contribution is 5.70. The molecule has 0 aliphatic heterocycles. The lowest BCUT2D eigenvalue weighted by molar-refractivity contribution is -0.671. The largest absolute Gasteiger partial charge is 0.550 e. The summed E-state index contributed by atoms with van der Waals surface area (Å²) in [6, 6.07) is 12.9. The standard InChI is InChI=1S/C19H26N3.C2H4O2/c1-20-13-4-14-22(3)19-9-7-17(8-10-19)5-6-18-11-15-21(2)16-12-18;1-2(3)4/h5-12,15-16,20H,4,13-14H2,1-3H3;1H3,(H,3,4)/q+1;/p-1. The molecular weight excluding hydrogens is 326 g/mol. The van der Waals surface area contributed by atoms with Crippen molar-refractivity contribution in [2.24, 2.45) is 7.05 Å². The van der Waals surface area contributed by atoms with Crippen LogP contribution in [0, 0.1) is 0 Å². The highest BCUT2D eigenvalue weighted by Gasteiger charge is 1.99. The van der Waals surface area contributed by atoms with Crippen molar-refractivity contribution in [2.45, 2.75) is 13.3 Å². The molecule has 5 nitrogen and oxygen atoms in total. The van der Waals surface area contributed by atoms with E-state index in [4.69, 9.17) is 9.90 Å². The van der Waals surface area contributed by atoms with Gasteiger partial charge in [-0.3, -0.25) is 0 Å². The van der Waals surface area contributed by atoms with Crippen LogP contribution < -0.4 is 19.9 Å². The second kappa shape index (κ2) is 11.8. The smallest absolute Gasteiger partial charge is 0.169 e. The van der Waals surface area contributed by atoms with Crippen LogP contribution in [-0.4, -0.2) is 33.2 Å². The van der Waals surface area contributed by atoms with Gasteiger partial charge in [-0.2, -0.15) is 0 Å². The molecule has 0 spiro atoms. The van der Waals surface area contributed by atoms with Crippen molar-refractivity contribution in [1.82, 2.24) is 5.32 Å². The molecule has 2 aromatic rings. The first-order valence-electron chi connectivity index (χ1n) is 8.69. The molecule has 0 saturated heterocycles. The highest BCUT2D eigenvalue weighted by atomic mass is 16.4. The summed E-state index contributed by atoms with van der Waals surface area (Å²) in [5.41, 5.74) is 3.70. The number of aliphatic carboxylic acids is 1. The fraction of sp³-hybridized carbons (Fsp3) is 0.333. The van der Waals surface area contributed by atoms with Crippen LogP contribution >= 0.6 is 0 Å². The van der Waals surface area contributed by atoms with Crippen LogP contribution in [0.3, 0.4) is 0 Å². The zero-order chi connectivity index (χ0) is 19.4. The van der Waals surface area contributed by atoms with E-state index in [0.29, 0.717) is 0 Å². The Bertz CT molecular complexity index is 675. The summed E-state index contributed by atoms with van der Waals surface area (Å²) in [5.74, 6) is -1.08. The van der Waals surface area contributed by atoms with Crippen LogP contribution in [-0.2, 0) is 11.8 Å². The zero-order valence-corrected chi connectivity index (χ0v) is 16.1. The lowest BCUT2D eigenvalue weighted by Crippen LogP contribution is -2.25. The Morgan fingerprint density at radius 2 is 1.62 bits per heavy atom. The van der Waals surface area contributed by atoms with E-state index in [9.17, 15) is 0 Å². The van der Waals surface area contributed by atoms with Gasteiger partial charge in [-0.15, -0.1) is 0 Å². The minimum absolute atomic E-state index is 0.972. The Morgan fingerprint density at radius 3 is 2.12 bits per heavy atom. The number of nitrogens with one attached hydrogen (secondary N) is 1. The van der Waals surface area contributed by atoms with E-state index in [1.165, 1.54) is 16.8 Å². The molecule has 140 valence electrons. The van der Waals surface area contributed by atoms with E-state index in [1.807, 2.05) is 18.7 Å². The zero-order valence-electron chi connectivity index (χ0n) is 16.1. The second-order valence-corrected chi connectivity index (χ2v) is 6.09. The highest BCUT2D eigenvalue weighted by Crippen LogP contribution is 2.15. The van der Waals surface area contributed by atoms with Gasteiger partial charge in [-0.1, -0.05) is 24.3 Å². The number of carboxylic acid groups (broad SMARTS) is 1. The minimum Gasteiger partial charge on any atom is -0.550 e. The SMILES string of the molecule is CC(=O)[O-].CNCCCN(C)c1ccc(/C=C/c2cc[n+](C)cc2)cc1. The van der Waals surface area contributed by atoms with Gasteiger partial charge in [0.05, 0.1) is 0 Å². The van der Waals surface area contributed by atoms with Gasteiger partial charge in [0.2, 0.25) is 0 Å². The molecule has 0 saturated carbocycles. The summed E-state index contributed by atoms with van der Waals surface area (Å²) in [6.45, 7) is 3.09. The molecule has 0 radical (unpaired) electrons. The molecule has 1 aromatic heterocycles. The molecule has 0 aliphatic rings. The number of carbonyl (C=O) groups is 1. The molecule has 1 N–H and O–H groups in total. The molecule has 0 fully saturated rings. The Labute approximate surface area is 156 Å². The van der Waals surface area contributed by atoms with Crippen molar-refractivity contribution >= 4 is 23.8 Å². The predicted molar refractivity (Wildman–Crippen MR) is 105 cm³/mol. The number of anilines is 1. The fourth-order valence-corrected chi connectivity index (χ4v) is 2.28. The maximum Gasteiger partial charge on any atom is 0.169 e. The molecule has 1 heterocycles. The lowest BCUT2D eigenvalue weighted by Gasteiger charge is -2.19. The Hall–Kier alpha value is -2.66. The number of nitrogens with zero attached hydrogens (tertiary/aromatic N) is 2. The van der Waals surface area contributed by atoms with E-state index >= 15 is 0 Å². The van der Waals surface area contributed by atoms with E-state index in [0.717, 1.165) is 26.4 Å². The van der Waals surface area contributed by atoms with Crippen LogP contribution in [0.5, 0.6) is 0 Å². The van der Waals surface area contributed by atoms with E-state index in [-0.39, 0.29) is 0 Å². The minimum atomic E-state index is -1.08. The van der Waals surface area contributed by atoms with Gasteiger partial charge in [0, 0.05) is 37.4 Å². The molecule has 26 heavy (non-hydrogen) atoms. The molecule has 2 rings (SSSR count). The molecule has 0 amide bonds. The number of carbonyl (C=O) groups excluding carboxylic acids is 1. The topological polar surface area (TPSA) is 59.3 Å². The Balaban J connectivity index is 0.000000765. The number of hydrogen-bond donors (Lipinski definition) is 1. The lowest BCUT2D eigenvalue weighted by atomic mass is 10.1. The first kappa shape index (κ1) is 21.4. The van der Waals surface area contributed by atoms with Gasteiger partial charge in [-0.25, -0.2) is 4.57 Å². The number of pyridine rings is 1. The number of carboxylic acids is 1. The van der Waals surface area contributed by atoms with Gasteiger partial charge in [-0.05, 0) is 50.2 Å². The third-order valence-corrected chi connectivity index (χ3v) is 3.73. The molecular formula is C21H29N3O2. The molecule has 0 unspecified atom stereocenters. The van der Waals surface area contributed by atoms with Crippen molar-refractivity contribution in [1.29, 1.82) is 0 Å². The van der Waals surface area contributed by atoms with Gasteiger partial charge >= 0.3 is 0 Å². The van der Waals surface area contributed by atoms with Crippen molar-refractivity contribution in [3.05, 3.63) is 59.9 Å². The summed E-state index contributed by atoms with van der Waals surface area (Å²) in [7, 11) is 6.16. The third-order valence-electron chi connectivity index (χ3n) is 3.73. The average molecular weight is 355 g/mol.